The third kappa shape index (κ3) is 5.05. The van der Waals surface area contributed by atoms with Crippen LogP contribution in [-0.2, 0) is 14.3 Å². The number of non-ortho nitro benzene ring substituents is 1. The molecule has 0 unspecified atom stereocenters. The Bertz CT molecular complexity index is 1520. The van der Waals surface area contributed by atoms with E-state index in [1.807, 2.05) is 27.7 Å². The van der Waals surface area contributed by atoms with Crippen LogP contribution < -0.4 is 4.74 Å². The van der Waals surface area contributed by atoms with Gasteiger partial charge in [0.15, 0.2) is 11.6 Å². The molecule has 0 spiro atoms. The van der Waals surface area contributed by atoms with Crippen LogP contribution in [0, 0.1) is 31.1 Å². The number of nitro groups is 2. The molecule has 0 saturated heterocycles. The molecule has 0 N–H and O–H groups in total. The quantitative estimate of drug-likeness (QED) is 0.251. The van der Waals surface area contributed by atoms with Gasteiger partial charge < -0.3 is 9.47 Å². The average molecular weight is 611 g/mol. The molecule has 208 valence electrons. The predicted octanol–water partition coefficient (Wildman–Crippen LogP) is 7.46. The Morgan fingerprint density at radius 1 is 0.825 bits per heavy atom. The van der Waals surface area contributed by atoms with Crippen LogP contribution in [0.15, 0.2) is 63.5 Å². The van der Waals surface area contributed by atoms with E-state index in [9.17, 15) is 29.8 Å². The number of carbonyl (C=O) groups is 2. The fraction of sp³-hybridized carbons (Fsp3) is 0.379. The van der Waals surface area contributed by atoms with Crippen molar-refractivity contribution in [2.24, 2.45) is 10.8 Å². The lowest BCUT2D eigenvalue weighted by molar-refractivity contribution is -0.394. The summed E-state index contributed by atoms with van der Waals surface area (Å²) >= 11 is 3.48. The Hall–Kier alpha value is -3.86. The van der Waals surface area contributed by atoms with E-state index in [0.717, 1.165) is 12.1 Å². The summed E-state index contributed by atoms with van der Waals surface area (Å²) in [6.07, 6.45) is 1.56. The third-order valence-corrected chi connectivity index (χ3v) is 7.93. The number of nitrogens with zero attached hydrogens (tertiary/aromatic N) is 2. The largest absolute Gasteiger partial charge is 0.465 e. The molecule has 1 heterocycles. The van der Waals surface area contributed by atoms with Crippen molar-refractivity contribution in [3.8, 4) is 11.5 Å². The minimum absolute atomic E-state index is 0.132. The number of benzene rings is 2. The molecule has 0 saturated carbocycles. The first-order chi connectivity index (χ1) is 18.7. The van der Waals surface area contributed by atoms with Gasteiger partial charge in [-0.1, -0.05) is 43.6 Å². The molecule has 11 heteroatoms. The molecular formula is C29H27BrN2O8. The van der Waals surface area contributed by atoms with E-state index in [1.165, 1.54) is 6.07 Å². The summed E-state index contributed by atoms with van der Waals surface area (Å²) in [7, 11) is 0. The Kier molecular flexibility index (Phi) is 6.68. The van der Waals surface area contributed by atoms with Crippen molar-refractivity contribution < 1.29 is 28.9 Å². The molecule has 2 aliphatic carbocycles. The Labute approximate surface area is 238 Å². The van der Waals surface area contributed by atoms with Crippen LogP contribution in [-0.4, -0.2) is 21.4 Å². The summed E-state index contributed by atoms with van der Waals surface area (Å²) in [6, 6.07) is 8.13. The van der Waals surface area contributed by atoms with E-state index in [4.69, 9.17) is 9.47 Å². The van der Waals surface area contributed by atoms with Gasteiger partial charge in [-0.05, 0) is 35.1 Å². The van der Waals surface area contributed by atoms with Crippen molar-refractivity contribution in [3.63, 3.8) is 0 Å². The fourth-order valence-electron chi connectivity index (χ4n) is 5.79. The molecule has 2 aromatic carbocycles. The number of rotatable bonds is 5. The highest BCUT2D eigenvalue weighted by Gasteiger charge is 2.48. The zero-order valence-corrected chi connectivity index (χ0v) is 24.0. The van der Waals surface area contributed by atoms with Crippen molar-refractivity contribution in [3.05, 3.63) is 89.3 Å². The Balaban J connectivity index is 1.71. The van der Waals surface area contributed by atoms with E-state index in [-0.39, 0.29) is 46.7 Å². The highest BCUT2D eigenvalue weighted by Crippen LogP contribution is 2.55. The lowest BCUT2D eigenvalue weighted by Crippen LogP contribution is -2.37. The molecule has 3 aliphatic rings. The molecule has 0 fully saturated rings. The number of ketones is 2. The molecule has 2 aromatic rings. The van der Waals surface area contributed by atoms with Crippen LogP contribution in [0.5, 0.6) is 11.5 Å². The summed E-state index contributed by atoms with van der Waals surface area (Å²) in [5, 5.41) is 23.0. The maximum atomic E-state index is 13.7. The third-order valence-electron chi connectivity index (χ3n) is 7.43. The summed E-state index contributed by atoms with van der Waals surface area (Å²) in [5.74, 6) is -0.0238. The van der Waals surface area contributed by atoms with Crippen molar-refractivity contribution in [1.29, 1.82) is 0 Å². The standard InChI is InChI=1S/C29H27BrN2O8/c1-28(2)11-19(33)26-23(13-28)40-24-14-29(3,4)12-20(34)27(24)25(26)17-9-15(30)5-7-21(17)39-22-8-6-16(31(35)36)10-18(22)32(37)38/h5-10,25H,11-14H2,1-4H3. The van der Waals surface area contributed by atoms with E-state index in [2.05, 4.69) is 15.9 Å². The molecule has 5 rings (SSSR count). The molecule has 0 radical (unpaired) electrons. The maximum absolute atomic E-state index is 13.7. The first kappa shape index (κ1) is 27.7. The number of hydrogen-bond acceptors (Lipinski definition) is 8. The molecule has 0 amide bonds. The minimum Gasteiger partial charge on any atom is -0.465 e. The molecule has 10 nitrogen and oxygen atoms in total. The smallest absolute Gasteiger partial charge is 0.318 e. The van der Waals surface area contributed by atoms with E-state index in [0.29, 0.717) is 45.5 Å². The highest BCUT2D eigenvalue weighted by atomic mass is 79.9. The molecule has 0 bridgehead atoms. The number of hydrogen-bond donors (Lipinski definition) is 0. The van der Waals surface area contributed by atoms with Gasteiger partial charge in [0, 0.05) is 52.9 Å². The van der Waals surface area contributed by atoms with Gasteiger partial charge in [0.1, 0.15) is 17.3 Å². The van der Waals surface area contributed by atoms with Gasteiger partial charge in [-0.25, -0.2) is 0 Å². The number of carbonyl (C=O) groups excluding carboxylic acids is 2. The molecule has 1 aliphatic heterocycles. The first-order valence-corrected chi connectivity index (χ1v) is 13.6. The summed E-state index contributed by atoms with van der Waals surface area (Å²) in [6.45, 7) is 7.98. The fourth-order valence-corrected chi connectivity index (χ4v) is 6.17. The lowest BCUT2D eigenvalue weighted by atomic mass is 9.65. The van der Waals surface area contributed by atoms with Gasteiger partial charge in [-0.15, -0.1) is 0 Å². The highest BCUT2D eigenvalue weighted by molar-refractivity contribution is 9.10. The van der Waals surface area contributed by atoms with E-state index < -0.39 is 27.1 Å². The van der Waals surface area contributed by atoms with Crippen molar-refractivity contribution >= 4 is 38.9 Å². The van der Waals surface area contributed by atoms with E-state index in [1.54, 1.807) is 18.2 Å². The zero-order chi connectivity index (χ0) is 29.1. The second-order valence-corrected chi connectivity index (χ2v) is 13.0. The van der Waals surface area contributed by atoms with Crippen LogP contribution in [0.1, 0.15) is 64.9 Å². The topological polar surface area (TPSA) is 139 Å². The van der Waals surface area contributed by atoms with Gasteiger partial charge in [-0.3, -0.25) is 29.8 Å². The molecule has 40 heavy (non-hydrogen) atoms. The lowest BCUT2D eigenvalue weighted by Gasteiger charge is -2.43. The van der Waals surface area contributed by atoms with Gasteiger partial charge in [-0.2, -0.15) is 0 Å². The van der Waals surface area contributed by atoms with Crippen LogP contribution in [0.3, 0.4) is 0 Å². The van der Waals surface area contributed by atoms with Gasteiger partial charge in [0.05, 0.1) is 21.8 Å². The van der Waals surface area contributed by atoms with E-state index >= 15 is 0 Å². The van der Waals surface area contributed by atoms with Crippen LogP contribution in [0.25, 0.3) is 0 Å². The predicted molar refractivity (Wildman–Crippen MR) is 148 cm³/mol. The molecular weight excluding hydrogens is 584 g/mol. The maximum Gasteiger partial charge on any atom is 0.318 e. The van der Waals surface area contributed by atoms with Crippen molar-refractivity contribution in [2.45, 2.75) is 59.3 Å². The Morgan fingerprint density at radius 3 is 1.90 bits per heavy atom. The summed E-state index contributed by atoms with van der Waals surface area (Å²) < 4.78 is 13.1. The number of Topliss-reactive ketones (excluding diaryl/α,β-unsaturated/α-hetero) is 2. The second kappa shape index (κ2) is 9.65. The second-order valence-electron chi connectivity index (χ2n) is 12.0. The van der Waals surface area contributed by atoms with Crippen molar-refractivity contribution in [1.82, 2.24) is 0 Å². The van der Waals surface area contributed by atoms with Crippen molar-refractivity contribution in [2.75, 3.05) is 0 Å². The van der Waals surface area contributed by atoms with Crippen LogP contribution in [0.2, 0.25) is 0 Å². The number of ether oxygens (including phenoxy) is 2. The number of halogens is 1. The van der Waals surface area contributed by atoms with Crippen LogP contribution >= 0.6 is 15.9 Å². The van der Waals surface area contributed by atoms with Gasteiger partial charge in [0.2, 0.25) is 5.75 Å². The van der Waals surface area contributed by atoms with Gasteiger partial charge >= 0.3 is 5.69 Å². The SMILES string of the molecule is CC1(C)CC(=O)C2=C(C1)OC1=C(C(=O)CC(C)(C)C1)C2c1cc(Br)ccc1Oc1ccc([N+](=O)[O-])cc1[N+](=O)[O-]. The normalized spacial score (nSPS) is 20.0. The van der Waals surface area contributed by atoms with Crippen LogP contribution in [0.4, 0.5) is 11.4 Å². The first-order valence-electron chi connectivity index (χ1n) is 12.8. The number of nitro benzene ring substituents is 2. The number of allylic oxidation sites excluding steroid dienone is 4. The van der Waals surface area contributed by atoms with Gasteiger partial charge in [0.25, 0.3) is 5.69 Å². The molecule has 0 atom stereocenters. The summed E-state index contributed by atoms with van der Waals surface area (Å²) in [5.41, 5.74) is -0.437. The Morgan fingerprint density at radius 2 is 1.38 bits per heavy atom. The monoisotopic (exact) mass is 610 g/mol. The molecule has 0 aromatic heterocycles. The minimum atomic E-state index is -0.796. The summed E-state index contributed by atoms with van der Waals surface area (Å²) in [4.78, 5) is 48.8. The zero-order valence-electron chi connectivity index (χ0n) is 22.4. The average Bonchev–Trinajstić information content (AvgIpc) is 2.82.